The maximum atomic E-state index is 11.8. The van der Waals surface area contributed by atoms with Crippen LogP contribution in [-0.2, 0) is 14.3 Å². The third kappa shape index (κ3) is 3.01. The van der Waals surface area contributed by atoms with Crippen LogP contribution in [0, 0.1) is 0 Å². The molecular weight excluding hydrogens is 302 g/mol. The number of rotatable bonds is 4. The molecule has 0 aliphatic carbocycles. The fourth-order valence-corrected chi connectivity index (χ4v) is 2.12. The van der Waals surface area contributed by atoms with E-state index < -0.39 is 41.8 Å². The summed E-state index contributed by atoms with van der Waals surface area (Å²) in [6.45, 7) is 0.833. The lowest BCUT2D eigenvalue weighted by Gasteiger charge is -2.19. The zero-order valence-electron chi connectivity index (χ0n) is 11.4. The highest BCUT2D eigenvalue weighted by molar-refractivity contribution is 5.65. The quantitative estimate of drug-likeness (QED) is 0.299. The average Bonchev–Trinajstić information content (AvgIpc) is 2.72. The Kier molecular flexibility index (Phi) is 4.61. The van der Waals surface area contributed by atoms with E-state index in [9.17, 15) is 24.6 Å². The van der Waals surface area contributed by atoms with Gasteiger partial charge in [-0.15, -0.1) is 0 Å². The lowest BCUT2D eigenvalue weighted by molar-refractivity contribution is -0.147. The van der Waals surface area contributed by atoms with E-state index >= 15 is 0 Å². The predicted octanol–water partition coefficient (Wildman–Crippen LogP) is -2.48. The van der Waals surface area contributed by atoms with Gasteiger partial charge in [0.1, 0.15) is 30.7 Å². The van der Waals surface area contributed by atoms with Gasteiger partial charge in [0.05, 0.1) is 0 Å². The number of carbonyl (C=O) groups excluding carboxylic acids is 1. The fourth-order valence-electron chi connectivity index (χ4n) is 2.12. The molecule has 0 aromatic carbocycles. The molecule has 2 heterocycles. The Morgan fingerprint density at radius 3 is 2.73 bits per heavy atom. The minimum Gasteiger partial charge on any atom is -0.463 e. The number of nitrogens with zero attached hydrogens (tertiary/aromatic N) is 1. The van der Waals surface area contributed by atoms with Gasteiger partial charge in [0.2, 0.25) is 0 Å². The molecule has 0 radical (unpaired) electrons. The number of H-pyrrole nitrogens is 1. The fraction of sp³-hybridized carbons (Fsp3) is 0.545. The van der Waals surface area contributed by atoms with Crippen LogP contribution < -0.4 is 16.7 Å². The predicted molar refractivity (Wildman–Crippen MR) is 69.3 cm³/mol. The molecule has 0 bridgehead atoms. The topological polar surface area (TPSA) is 163 Å². The van der Waals surface area contributed by atoms with Crippen LogP contribution in [0.2, 0.25) is 0 Å². The minimum absolute atomic E-state index is 0.329. The Morgan fingerprint density at radius 2 is 2.14 bits per heavy atom. The van der Waals surface area contributed by atoms with Crippen molar-refractivity contribution in [2.24, 2.45) is 0 Å². The van der Waals surface area contributed by atoms with Crippen molar-refractivity contribution in [3.63, 3.8) is 0 Å². The number of aliphatic hydroxyl groups excluding tert-OH is 2. The number of ether oxygens (including phenoxy) is 2. The molecule has 1 saturated heterocycles. The summed E-state index contributed by atoms with van der Waals surface area (Å²) in [7, 11) is 0. The Labute approximate surface area is 122 Å². The van der Waals surface area contributed by atoms with Gasteiger partial charge in [0.25, 0.3) is 5.56 Å². The highest BCUT2D eigenvalue weighted by Gasteiger charge is 2.45. The summed E-state index contributed by atoms with van der Waals surface area (Å²) in [5.74, 6) is -0.939. The maximum Gasteiger partial charge on any atom is 0.332 e. The van der Waals surface area contributed by atoms with Crippen molar-refractivity contribution in [1.82, 2.24) is 9.55 Å². The molecule has 1 fully saturated rings. The SMILES string of the molecule is CC(=O)OC[C@H]1O[C@@H](n2c(NO)cc(=O)[nH]c2=O)[C@H](O)[C@@H]1O. The first-order valence-electron chi connectivity index (χ1n) is 6.26. The van der Waals surface area contributed by atoms with Crippen LogP contribution in [0.5, 0.6) is 0 Å². The van der Waals surface area contributed by atoms with Crippen LogP contribution in [0.4, 0.5) is 5.82 Å². The van der Waals surface area contributed by atoms with Gasteiger partial charge in [-0.25, -0.2) is 9.36 Å². The molecule has 22 heavy (non-hydrogen) atoms. The second kappa shape index (κ2) is 6.27. The second-order valence-corrected chi connectivity index (χ2v) is 4.65. The molecule has 1 aromatic heterocycles. The summed E-state index contributed by atoms with van der Waals surface area (Å²) in [6.07, 6.45) is -5.45. The van der Waals surface area contributed by atoms with Crippen molar-refractivity contribution in [3.8, 4) is 0 Å². The van der Waals surface area contributed by atoms with E-state index in [0.29, 0.717) is 0 Å². The first-order chi connectivity index (χ1) is 10.3. The molecule has 0 unspecified atom stereocenters. The van der Waals surface area contributed by atoms with Crippen molar-refractivity contribution < 1.29 is 29.7 Å². The molecule has 122 valence electrons. The van der Waals surface area contributed by atoms with Crippen molar-refractivity contribution in [1.29, 1.82) is 0 Å². The molecular formula is C11H15N3O8. The number of nitrogens with one attached hydrogen (secondary N) is 2. The van der Waals surface area contributed by atoms with E-state index in [4.69, 9.17) is 9.94 Å². The van der Waals surface area contributed by atoms with E-state index in [-0.39, 0.29) is 12.4 Å². The van der Waals surface area contributed by atoms with E-state index in [1.54, 1.807) is 5.48 Å². The zero-order chi connectivity index (χ0) is 16.4. The molecule has 5 N–H and O–H groups in total. The minimum atomic E-state index is -1.55. The van der Waals surface area contributed by atoms with E-state index in [1.165, 1.54) is 0 Å². The summed E-state index contributed by atoms with van der Waals surface area (Å²) >= 11 is 0. The molecule has 0 amide bonds. The smallest absolute Gasteiger partial charge is 0.332 e. The highest BCUT2D eigenvalue weighted by atomic mass is 16.6. The number of hydrogen-bond donors (Lipinski definition) is 5. The van der Waals surface area contributed by atoms with Gasteiger partial charge in [-0.05, 0) is 0 Å². The third-order valence-corrected chi connectivity index (χ3v) is 3.13. The summed E-state index contributed by atoms with van der Waals surface area (Å²) in [5, 5.41) is 28.8. The van der Waals surface area contributed by atoms with Crippen molar-refractivity contribution in [3.05, 3.63) is 26.9 Å². The van der Waals surface area contributed by atoms with Gasteiger partial charge >= 0.3 is 11.7 Å². The highest BCUT2D eigenvalue weighted by Crippen LogP contribution is 2.30. The van der Waals surface area contributed by atoms with Gasteiger partial charge < -0.3 is 19.7 Å². The van der Waals surface area contributed by atoms with E-state index in [0.717, 1.165) is 17.6 Å². The number of hydrogen-bond acceptors (Lipinski definition) is 9. The molecule has 11 heteroatoms. The van der Waals surface area contributed by atoms with Crippen LogP contribution in [-0.4, -0.2) is 55.9 Å². The molecule has 4 atom stereocenters. The number of carbonyl (C=O) groups is 1. The van der Waals surface area contributed by atoms with E-state index in [1.807, 2.05) is 4.98 Å². The van der Waals surface area contributed by atoms with Crippen LogP contribution in [0.1, 0.15) is 13.2 Å². The van der Waals surface area contributed by atoms with Crippen LogP contribution >= 0.6 is 0 Å². The average molecular weight is 317 g/mol. The lowest BCUT2D eigenvalue weighted by Crippen LogP contribution is -2.39. The maximum absolute atomic E-state index is 11.8. The summed E-state index contributed by atoms with van der Waals surface area (Å²) < 4.78 is 10.7. The number of aliphatic hydroxyl groups is 2. The molecule has 1 aliphatic heterocycles. The largest absolute Gasteiger partial charge is 0.463 e. The van der Waals surface area contributed by atoms with Gasteiger partial charge in [-0.1, -0.05) is 0 Å². The summed E-state index contributed by atoms with van der Waals surface area (Å²) in [5.41, 5.74) is -0.101. The van der Waals surface area contributed by atoms with Crippen molar-refractivity contribution in [2.75, 3.05) is 12.1 Å². The number of esters is 1. The monoisotopic (exact) mass is 317 g/mol. The summed E-state index contributed by atoms with van der Waals surface area (Å²) in [4.78, 5) is 35.7. The number of aromatic nitrogens is 2. The van der Waals surface area contributed by atoms with Crippen LogP contribution in [0.3, 0.4) is 0 Å². The first kappa shape index (κ1) is 16.2. The van der Waals surface area contributed by atoms with Gasteiger partial charge in [0.15, 0.2) is 6.23 Å². The molecule has 1 aromatic rings. The van der Waals surface area contributed by atoms with E-state index in [2.05, 4.69) is 4.74 Å². The lowest BCUT2D eigenvalue weighted by atomic mass is 10.1. The number of anilines is 1. The van der Waals surface area contributed by atoms with Crippen molar-refractivity contribution >= 4 is 11.8 Å². The third-order valence-electron chi connectivity index (χ3n) is 3.13. The first-order valence-corrected chi connectivity index (χ1v) is 6.26. The summed E-state index contributed by atoms with van der Waals surface area (Å²) in [6, 6.07) is 0.864. The Hall–Kier alpha value is -2.21. The second-order valence-electron chi connectivity index (χ2n) is 4.65. The Balaban J connectivity index is 2.32. The Morgan fingerprint density at radius 1 is 1.45 bits per heavy atom. The standard InChI is InChI=1S/C11H15N3O8/c1-4(15)21-3-5-8(17)9(18)10(22-5)14-6(13-20)2-7(16)12-11(14)19/h2,5,8-10,13,17-18,20H,3H2,1H3,(H,12,16,19)/t5-,8-,9-,10-/m1/s1. The molecule has 0 spiro atoms. The molecule has 0 saturated carbocycles. The van der Waals surface area contributed by atoms with Crippen LogP contribution in [0.15, 0.2) is 15.7 Å². The van der Waals surface area contributed by atoms with Gasteiger partial charge in [-0.3, -0.25) is 25.3 Å². The van der Waals surface area contributed by atoms with Crippen molar-refractivity contribution in [2.45, 2.75) is 31.5 Å². The number of aromatic amines is 1. The van der Waals surface area contributed by atoms with Gasteiger partial charge in [0, 0.05) is 13.0 Å². The van der Waals surface area contributed by atoms with Gasteiger partial charge in [-0.2, -0.15) is 0 Å². The molecule has 11 nitrogen and oxygen atoms in total. The van der Waals surface area contributed by atoms with Crippen LogP contribution in [0.25, 0.3) is 0 Å². The molecule has 2 rings (SSSR count). The zero-order valence-corrected chi connectivity index (χ0v) is 11.4. The molecule has 1 aliphatic rings. The Bertz CT molecular complexity index is 668. The normalized spacial score (nSPS) is 27.6.